The van der Waals surface area contributed by atoms with Gasteiger partial charge in [0.05, 0.1) is 0 Å². The molecule has 0 bridgehead atoms. The lowest BCUT2D eigenvalue weighted by Gasteiger charge is -2.33. The molecule has 0 heteroatoms. The fraction of sp³-hybridized carbons (Fsp3) is 0.333. The Hall–Kier alpha value is -2.34. The molecule has 0 spiro atoms. The lowest BCUT2D eigenvalue weighted by atomic mass is 9.69. The monoisotopic (exact) mass is 368 g/mol. The molecule has 0 radical (unpaired) electrons. The topological polar surface area (TPSA) is 0 Å². The highest BCUT2D eigenvalue weighted by molar-refractivity contribution is 5.52. The van der Waals surface area contributed by atoms with E-state index in [0.29, 0.717) is 0 Å². The molecule has 1 unspecified atom stereocenters. The molecule has 0 rings (SSSR count). The Labute approximate surface area is 171 Å². The average molecular weight is 369 g/mol. The van der Waals surface area contributed by atoms with Gasteiger partial charge < -0.3 is 0 Å². The minimum absolute atomic E-state index is 0.420. The van der Waals surface area contributed by atoms with Crippen molar-refractivity contribution in [1.82, 2.24) is 0 Å². The lowest BCUT2D eigenvalue weighted by Crippen LogP contribution is -2.22. The zero-order valence-electron chi connectivity index (χ0n) is 19.3. The summed E-state index contributed by atoms with van der Waals surface area (Å²) < 4.78 is 0. The van der Waals surface area contributed by atoms with Gasteiger partial charge in [0, 0.05) is 5.41 Å². The molecule has 0 aromatic rings. The summed E-state index contributed by atoms with van der Waals surface area (Å²) in [6, 6.07) is 0. The highest BCUT2D eigenvalue weighted by Crippen LogP contribution is 2.43. The van der Waals surface area contributed by atoms with Crippen molar-refractivity contribution in [3.05, 3.63) is 110 Å². The number of hydrogen-bond acceptors (Lipinski definition) is 0. The third kappa shape index (κ3) is 11.8. The molecule has 0 aromatic heterocycles. The van der Waals surface area contributed by atoms with Crippen molar-refractivity contribution in [3.63, 3.8) is 0 Å². The van der Waals surface area contributed by atoms with Gasteiger partial charge in [0.1, 0.15) is 0 Å². The maximum absolute atomic E-state index is 4.22. The minimum atomic E-state index is -0.420. The summed E-state index contributed by atoms with van der Waals surface area (Å²) in [5.41, 5.74) is 2.58. The molecular formula is C27H44. The van der Waals surface area contributed by atoms with Crippen LogP contribution < -0.4 is 0 Å². The van der Waals surface area contributed by atoms with E-state index in [2.05, 4.69) is 39.8 Å². The maximum atomic E-state index is 4.22. The SMILES string of the molecule is C=C/C=C\C(=C)C(C)(/C(C=C)=C/C=C)/C(C=C)=C/C=C\C.CC.CC.CC. The zero-order chi connectivity index (χ0) is 22.3. The first-order valence-electron chi connectivity index (χ1n) is 9.92. The van der Waals surface area contributed by atoms with Crippen LogP contribution in [0.15, 0.2) is 110 Å². The highest BCUT2D eigenvalue weighted by Gasteiger charge is 2.31. The molecule has 0 fully saturated rings. The zero-order valence-corrected chi connectivity index (χ0v) is 19.3. The molecule has 0 aliphatic carbocycles. The van der Waals surface area contributed by atoms with Gasteiger partial charge in [-0.05, 0) is 30.6 Å². The van der Waals surface area contributed by atoms with Crippen LogP contribution in [0.2, 0.25) is 0 Å². The molecule has 0 N–H and O–H groups in total. The van der Waals surface area contributed by atoms with Crippen LogP contribution in [0, 0.1) is 5.41 Å². The fourth-order valence-electron chi connectivity index (χ4n) is 2.09. The predicted octanol–water partition coefficient (Wildman–Crippen LogP) is 9.36. The van der Waals surface area contributed by atoms with Crippen molar-refractivity contribution in [3.8, 4) is 0 Å². The molecule has 27 heavy (non-hydrogen) atoms. The van der Waals surface area contributed by atoms with Crippen LogP contribution in [-0.4, -0.2) is 0 Å². The van der Waals surface area contributed by atoms with Gasteiger partial charge in [-0.25, -0.2) is 0 Å². The Morgan fingerprint density at radius 3 is 1.48 bits per heavy atom. The molecule has 0 aromatic carbocycles. The van der Waals surface area contributed by atoms with Gasteiger partial charge in [-0.3, -0.25) is 0 Å². The average Bonchev–Trinajstić information content (AvgIpc) is 2.74. The van der Waals surface area contributed by atoms with Gasteiger partial charge in [0.25, 0.3) is 0 Å². The van der Waals surface area contributed by atoms with E-state index in [0.717, 1.165) is 16.7 Å². The Bertz CT molecular complexity index is 532. The molecular weight excluding hydrogens is 324 g/mol. The first kappa shape index (κ1) is 32.3. The Kier molecular flexibility index (Phi) is 28.3. The molecule has 0 saturated heterocycles. The van der Waals surface area contributed by atoms with Gasteiger partial charge in [0.15, 0.2) is 0 Å². The van der Waals surface area contributed by atoms with Crippen LogP contribution in [0.4, 0.5) is 0 Å². The summed E-state index contributed by atoms with van der Waals surface area (Å²) in [5.74, 6) is 0. The van der Waals surface area contributed by atoms with Crippen LogP contribution in [0.1, 0.15) is 55.4 Å². The normalized spacial score (nSPS) is 12.9. The fourth-order valence-corrected chi connectivity index (χ4v) is 2.09. The smallest absolute Gasteiger partial charge is 0.0416 e. The van der Waals surface area contributed by atoms with E-state index in [4.69, 9.17) is 0 Å². The molecule has 0 heterocycles. The second kappa shape index (κ2) is 23.7. The van der Waals surface area contributed by atoms with E-state index in [1.165, 1.54) is 0 Å². The highest BCUT2D eigenvalue weighted by atomic mass is 14.3. The third-order valence-corrected chi connectivity index (χ3v) is 3.44. The van der Waals surface area contributed by atoms with Gasteiger partial charge in [-0.15, -0.1) is 0 Å². The minimum Gasteiger partial charge on any atom is -0.0991 e. The summed E-state index contributed by atoms with van der Waals surface area (Å²) in [6.07, 6.45) is 19.0. The summed E-state index contributed by atoms with van der Waals surface area (Å²) in [6.45, 7) is 35.7. The Balaban J connectivity index is -0.000000397. The molecule has 0 saturated carbocycles. The van der Waals surface area contributed by atoms with E-state index >= 15 is 0 Å². The van der Waals surface area contributed by atoms with Gasteiger partial charge in [-0.2, -0.15) is 0 Å². The van der Waals surface area contributed by atoms with Crippen LogP contribution in [0.3, 0.4) is 0 Å². The third-order valence-electron chi connectivity index (χ3n) is 3.44. The van der Waals surface area contributed by atoms with Crippen molar-refractivity contribution < 1.29 is 0 Å². The van der Waals surface area contributed by atoms with Gasteiger partial charge in [0.2, 0.25) is 0 Å². The Morgan fingerprint density at radius 2 is 1.15 bits per heavy atom. The van der Waals surface area contributed by atoms with Crippen LogP contribution in [-0.2, 0) is 0 Å². The predicted molar refractivity (Wildman–Crippen MR) is 132 cm³/mol. The second-order valence-corrected chi connectivity index (χ2v) is 4.66. The standard InChI is InChI=1S/C21H26.3C2H6/c1-8-13-16-18(6)21(7,19(11-4)15-10-3)20(12-5)17-14-9-2;3*1-2/h8-17H,1,3-6H2,2,7H3;3*1-2H3/b14-9-,16-13-,19-15+,20-17+;;;. The first-order valence-corrected chi connectivity index (χ1v) is 9.92. The summed E-state index contributed by atoms with van der Waals surface area (Å²) in [7, 11) is 0. The van der Waals surface area contributed by atoms with Crippen LogP contribution in [0.5, 0.6) is 0 Å². The van der Waals surface area contributed by atoms with E-state index < -0.39 is 5.41 Å². The number of rotatable bonds is 9. The summed E-state index contributed by atoms with van der Waals surface area (Å²) >= 11 is 0. The van der Waals surface area contributed by atoms with Crippen LogP contribution in [0.25, 0.3) is 0 Å². The number of allylic oxidation sites excluding steroid dienone is 13. The van der Waals surface area contributed by atoms with E-state index in [9.17, 15) is 0 Å². The Morgan fingerprint density at radius 1 is 0.704 bits per heavy atom. The maximum Gasteiger partial charge on any atom is 0.0416 e. The summed E-state index contributed by atoms with van der Waals surface area (Å²) in [4.78, 5) is 0. The van der Waals surface area contributed by atoms with E-state index in [1.54, 1.807) is 12.2 Å². The van der Waals surface area contributed by atoms with E-state index in [-0.39, 0.29) is 0 Å². The van der Waals surface area contributed by atoms with Gasteiger partial charge >= 0.3 is 0 Å². The van der Waals surface area contributed by atoms with Crippen molar-refractivity contribution in [2.24, 2.45) is 5.41 Å². The van der Waals surface area contributed by atoms with Crippen molar-refractivity contribution in [1.29, 1.82) is 0 Å². The second-order valence-electron chi connectivity index (χ2n) is 4.66. The van der Waals surface area contributed by atoms with Crippen LogP contribution >= 0.6 is 0 Å². The number of hydrogen-bond donors (Lipinski definition) is 0. The molecule has 0 aliphatic heterocycles. The van der Waals surface area contributed by atoms with Crippen molar-refractivity contribution in [2.75, 3.05) is 0 Å². The largest absolute Gasteiger partial charge is 0.0991 e. The van der Waals surface area contributed by atoms with Gasteiger partial charge in [-0.1, -0.05) is 135 Å². The molecule has 0 nitrogen and oxygen atoms in total. The lowest BCUT2D eigenvalue weighted by molar-refractivity contribution is 0.620. The molecule has 0 aliphatic rings. The van der Waals surface area contributed by atoms with E-state index in [1.807, 2.05) is 97.1 Å². The van der Waals surface area contributed by atoms with Crippen molar-refractivity contribution in [2.45, 2.75) is 55.4 Å². The molecule has 0 amide bonds. The summed E-state index contributed by atoms with van der Waals surface area (Å²) in [5, 5.41) is 0. The quantitative estimate of drug-likeness (QED) is 0.355. The molecule has 1 atom stereocenters. The van der Waals surface area contributed by atoms with Crippen molar-refractivity contribution >= 4 is 0 Å². The first-order chi connectivity index (χ1) is 13.0. The molecule has 152 valence electrons.